The summed E-state index contributed by atoms with van der Waals surface area (Å²) in [7, 11) is 0. The van der Waals surface area contributed by atoms with Crippen molar-refractivity contribution in [1.82, 2.24) is 10.2 Å². The molecule has 38 heavy (non-hydrogen) atoms. The number of non-ortho nitro benzene ring substituents is 1. The third-order valence-corrected chi connectivity index (χ3v) is 5.73. The quantitative estimate of drug-likeness (QED) is 0.119. The van der Waals surface area contributed by atoms with Crippen LogP contribution in [0.4, 0.5) is 5.69 Å². The molecule has 0 saturated heterocycles. The first-order valence-corrected chi connectivity index (χ1v) is 11.7. The number of halogens is 1. The Morgan fingerprint density at radius 3 is 2.29 bits per heavy atom. The molecule has 0 unspecified atom stereocenters. The van der Waals surface area contributed by atoms with Crippen LogP contribution in [0.1, 0.15) is 15.9 Å². The number of carbonyl (C=O) groups excluding carboxylic acids is 1. The monoisotopic (exact) mass is 527 g/mol. The Bertz CT molecular complexity index is 1600. The van der Waals surface area contributed by atoms with Gasteiger partial charge in [0.25, 0.3) is 5.69 Å². The zero-order valence-corrected chi connectivity index (χ0v) is 20.4. The molecule has 1 heterocycles. The molecule has 0 spiro atoms. The van der Waals surface area contributed by atoms with E-state index in [0.29, 0.717) is 28.7 Å². The molecule has 1 aromatic heterocycles. The highest BCUT2D eigenvalue weighted by atomic mass is 35.5. The summed E-state index contributed by atoms with van der Waals surface area (Å²) >= 11 is 6.08. The Labute approximate surface area is 221 Å². The third-order valence-electron chi connectivity index (χ3n) is 5.44. The van der Waals surface area contributed by atoms with Crippen LogP contribution in [0.25, 0.3) is 22.9 Å². The molecule has 0 N–H and O–H groups in total. The van der Waals surface area contributed by atoms with E-state index >= 15 is 0 Å². The predicted octanol–water partition coefficient (Wildman–Crippen LogP) is 7.11. The van der Waals surface area contributed by atoms with E-state index in [1.807, 2.05) is 30.3 Å². The summed E-state index contributed by atoms with van der Waals surface area (Å²) in [5.41, 5.74) is 2.35. The molecule has 0 radical (unpaired) electrons. The van der Waals surface area contributed by atoms with Gasteiger partial charge in [-0.15, -0.1) is 10.2 Å². The van der Waals surface area contributed by atoms with Gasteiger partial charge < -0.3 is 13.9 Å². The smallest absolute Gasteiger partial charge is 0.338 e. The molecular formula is C28H18ClN3O6. The maximum atomic E-state index is 12.7. The Kier molecular flexibility index (Phi) is 7.10. The molecule has 0 atom stereocenters. The second-order valence-corrected chi connectivity index (χ2v) is 8.46. The lowest BCUT2D eigenvalue weighted by molar-refractivity contribution is -0.384. The summed E-state index contributed by atoms with van der Waals surface area (Å²) in [6.45, 7) is 0.0420. The summed E-state index contributed by atoms with van der Waals surface area (Å²) in [6.07, 6.45) is 0. The van der Waals surface area contributed by atoms with Crippen LogP contribution in [-0.2, 0) is 11.3 Å². The van der Waals surface area contributed by atoms with Gasteiger partial charge in [-0.2, -0.15) is 0 Å². The molecule has 0 aliphatic rings. The molecule has 188 valence electrons. The SMILES string of the molecule is O=C(OCc1ccc(Oc2ccc([N+](=O)[O-])cc2Cl)cc1)c1cccc(-c2nnc(-c3ccccc3)o2)c1. The van der Waals surface area contributed by atoms with Gasteiger partial charge in [0.2, 0.25) is 11.8 Å². The van der Waals surface area contributed by atoms with E-state index in [9.17, 15) is 14.9 Å². The van der Waals surface area contributed by atoms with E-state index in [2.05, 4.69) is 10.2 Å². The minimum atomic E-state index is -0.533. The second-order valence-electron chi connectivity index (χ2n) is 8.05. The van der Waals surface area contributed by atoms with E-state index in [1.54, 1.807) is 48.5 Å². The van der Waals surface area contributed by atoms with Gasteiger partial charge in [-0.05, 0) is 54.1 Å². The Balaban J connectivity index is 1.20. The third kappa shape index (κ3) is 5.69. The first kappa shape index (κ1) is 24.7. The lowest BCUT2D eigenvalue weighted by Crippen LogP contribution is -2.05. The number of hydrogen-bond donors (Lipinski definition) is 0. The predicted molar refractivity (Wildman–Crippen MR) is 139 cm³/mol. The molecule has 4 aromatic carbocycles. The standard InChI is InChI=1S/C28H18ClN3O6/c29-24-16-22(32(34)35)11-14-25(24)37-23-12-9-18(10-13-23)17-36-28(33)21-8-4-7-20(15-21)27-31-30-26(38-27)19-5-2-1-3-6-19/h1-16H,17H2. The number of nitro groups is 1. The van der Waals surface area contributed by atoms with Crippen molar-refractivity contribution in [2.24, 2.45) is 0 Å². The zero-order valence-electron chi connectivity index (χ0n) is 19.6. The fourth-order valence-corrected chi connectivity index (χ4v) is 3.73. The fraction of sp³-hybridized carbons (Fsp3) is 0.0357. The van der Waals surface area contributed by atoms with Crippen molar-refractivity contribution >= 4 is 23.3 Å². The van der Waals surface area contributed by atoms with E-state index in [-0.39, 0.29) is 23.1 Å². The van der Waals surface area contributed by atoms with Gasteiger partial charge >= 0.3 is 5.97 Å². The molecule has 10 heteroatoms. The maximum Gasteiger partial charge on any atom is 0.338 e. The second kappa shape index (κ2) is 10.9. The summed E-state index contributed by atoms with van der Waals surface area (Å²) < 4.78 is 16.9. The average molecular weight is 528 g/mol. The topological polar surface area (TPSA) is 118 Å². The molecule has 0 aliphatic carbocycles. The normalized spacial score (nSPS) is 10.7. The molecule has 5 aromatic rings. The van der Waals surface area contributed by atoms with Crippen molar-refractivity contribution in [3.05, 3.63) is 123 Å². The van der Waals surface area contributed by atoms with E-state index < -0.39 is 10.9 Å². The fourth-order valence-electron chi connectivity index (χ4n) is 3.52. The van der Waals surface area contributed by atoms with Crippen LogP contribution in [0.15, 0.2) is 101 Å². The average Bonchev–Trinajstić information content (AvgIpc) is 3.45. The van der Waals surface area contributed by atoms with Gasteiger partial charge in [-0.3, -0.25) is 10.1 Å². The first-order chi connectivity index (χ1) is 18.5. The van der Waals surface area contributed by atoms with Crippen LogP contribution in [0.3, 0.4) is 0 Å². The van der Waals surface area contributed by atoms with Crippen molar-refractivity contribution in [2.45, 2.75) is 6.61 Å². The van der Waals surface area contributed by atoms with Gasteiger partial charge in [-0.1, -0.05) is 48.0 Å². The number of esters is 1. The summed E-state index contributed by atoms with van der Waals surface area (Å²) in [4.78, 5) is 23.0. The van der Waals surface area contributed by atoms with Gasteiger partial charge in [0.15, 0.2) is 0 Å². The lowest BCUT2D eigenvalue weighted by Gasteiger charge is -2.09. The molecule has 0 fully saturated rings. The number of hydrogen-bond acceptors (Lipinski definition) is 8. The van der Waals surface area contributed by atoms with Gasteiger partial charge in [0.05, 0.1) is 15.5 Å². The number of nitrogens with zero attached hydrogens (tertiary/aromatic N) is 3. The van der Waals surface area contributed by atoms with Crippen LogP contribution in [-0.4, -0.2) is 21.1 Å². The summed E-state index contributed by atoms with van der Waals surface area (Å²) in [6, 6.07) is 27.0. The van der Waals surface area contributed by atoms with Gasteiger partial charge in [0, 0.05) is 23.3 Å². The number of rotatable bonds is 8. The minimum Gasteiger partial charge on any atom is -0.457 e. The van der Waals surface area contributed by atoms with Gasteiger partial charge in [-0.25, -0.2) is 4.79 Å². The van der Waals surface area contributed by atoms with E-state index in [1.165, 1.54) is 18.2 Å². The molecule has 0 saturated carbocycles. The van der Waals surface area contributed by atoms with Crippen LogP contribution in [0, 0.1) is 10.1 Å². The summed E-state index contributed by atoms with van der Waals surface area (Å²) in [5.74, 6) is 0.929. The number of aromatic nitrogens is 2. The molecule has 9 nitrogen and oxygen atoms in total. The van der Waals surface area contributed by atoms with E-state index in [4.69, 9.17) is 25.5 Å². The highest BCUT2D eigenvalue weighted by Crippen LogP contribution is 2.32. The van der Waals surface area contributed by atoms with Crippen molar-refractivity contribution < 1.29 is 23.6 Å². The number of nitro benzene ring substituents is 1. The molecular weight excluding hydrogens is 510 g/mol. The van der Waals surface area contributed by atoms with Crippen molar-refractivity contribution in [1.29, 1.82) is 0 Å². The Morgan fingerprint density at radius 1 is 0.868 bits per heavy atom. The summed E-state index contributed by atoms with van der Waals surface area (Å²) in [5, 5.41) is 19.2. The van der Waals surface area contributed by atoms with Crippen LogP contribution in [0.5, 0.6) is 11.5 Å². The number of ether oxygens (including phenoxy) is 2. The minimum absolute atomic E-state index is 0.0420. The highest BCUT2D eigenvalue weighted by Gasteiger charge is 2.14. The van der Waals surface area contributed by atoms with Crippen LogP contribution in [0.2, 0.25) is 5.02 Å². The van der Waals surface area contributed by atoms with Gasteiger partial charge in [0.1, 0.15) is 18.1 Å². The largest absolute Gasteiger partial charge is 0.457 e. The van der Waals surface area contributed by atoms with Crippen LogP contribution >= 0.6 is 11.6 Å². The Morgan fingerprint density at radius 2 is 1.58 bits per heavy atom. The van der Waals surface area contributed by atoms with E-state index in [0.717, 1.165) is 11.1 Å². The molecule has 5 rings (SSSR count). The van der Waals surface area contributed by atoms with Crippen molar-refractivity contribution in [3.63, 3.8) is 0 Å². The van der Waals surface area contributed by atoms with Crippen LogP contribution < -0.4 is 4.74 Å². The Hall–Kier alpha value is -5.02. The zero-order chi connectivity index (χ0) is 26.5. The number of carbonyl (C=O) groups is 1. The van der Waals surface area contributed by atoms with Crippen molar-refractivity contribution in [3.8, 4) is 34.4 Å². The first-order valence-electron chi connectivity index (χ1n) is 11.3. The number of benzene rings is 4. The molecule has 0 bridgehead atoms. The molecule has 0 aliphatic heterocycles. The molecule has 0 amide bonds. The highest BCUT2D eigenvalue weighted by molar-refractivity contribution is 6.32. The van der Waals surface area contributed by atoms with Crippen molar-refractivity contribution in [2.75, 3.05) is 0 Å². The maximum absolute atomic E-state index is 12.7. The lowest BCUT2D eigenvalue weighted by atomic mass is 10.1.